The SMILES string of the molecule is Cn1ncc(C(=O)NCc2ccc(C#N)cc2)n1. The molecule has 0 bridgehead atoms. The molecule has 0 atom stereocenters. The molecule has 1 amide bonds. The molecule has 6 heteroatoms. The van der Waals surface area contributed by atoms with Gasteiger partial charge in [0.05, 0.1) is 17.8 Å². The topological polar surface area (TPSA) is 83.6 Å². The maximum absolute atomic E-state index is 11.7. The van der Waals surface area contributed by atoms with Crippen molar-refractivity contribution in [1.29, 1.82) is 5.26 Å². The Morgan fingerprint density at radius 3 is 2.72 bits per heavy atom. The van der Waals surface area contributed by atoms with Gasteiger partial charge in [0.2, 0.25) is 0 Å². The zero-order valence-electron chi connectivity index (χ0n) is 9.79. The van der Waals surface area contributed by atoms with Gasteiger partial charge in [-0.05, 0) is 17.7 Å². The highest BCUT2D eigenvalue weighted by molar-refractivity contribution is 5.91. The number of benzene rings is 1. The highest BCUT2D eigenvalue weighted by atomic mass is 16.2. The van der Waals surface area contributed by atoms with Gasteiger partial charge in [-0.15, -0.1) is 5.10 Å². The lowest BCUT2D eigenvalue weighted by atomic mass is 10.1. The minimum atomic E-state index is -0.271. The molecule has 0 spiro atoms. The molecule has 0 saturated carbocycles. The van der Waals surface area contributed by atoms with E-state index in [4.69, 9.17) is 5.26 Å². The lowest BCUT2D eigenvalue weighted by Gasteiger charge is -2.02. The van der Waals surface area contributed by atoms with Gasteiger partial charge >= 0.3 is 0 Å². The predicted molar refractivity (Wildman–Crippen MR) is 63.3 cm³/mol. The molecule has 0 saturated heterocycles. The van der Waals surface area contributed by atoms with Gasteiger partial charge in [-0.2, -0.15) is 15.2 Å². The van der Waals surface area contributed by atoms with Crippen molar-refractivity contribution in [3.63, 3.8) is 0 Å². The van der Waals surface area contributed by atoms with E-state index < -0.39 is 0 Å². The van der Waals surface area contributed by atoms with Gasteiger partial charge in [-0.25, -0.2) is 0 Å². The summed E-state index contributed by atoms with van der Waals surface area (Å²) in [6, 6.07) is 9.07. The summed E-state index contributed by atoms with van der Waals surface area (Å²) in [5, 5.41) is 19.1. The van der Waals surface area contributed by atoms with E-state index in [1.54, 1.807) is 31.3 Å². The van der Waals surface area contributed by atoms with Crippen molar-refractivity contribution >= 4 is 5.91 Å². The summed E-state index contributed by atoms with van der Waals surface area (Å²) >= 11 is 0. The van der Waals surface area contributed by atoms with E-state index in [-0.39, 0.29) is 11.6 Å². The van der Waals surface area contributed by atoms with Crippen molar-refractivity contribution in [3.05, 3.63) is 47.3 Å². The van der Waals surface area contributed by atoms with Crippen LogP contribution in [0.1, 0.15) is 21.6 Å². The Labute approximate surface area is 104 Å². The molecule has 1 aromatic carbocycles. The highest BCUT2D eigenvalue weighted by Gasteiger charge is 2.08. The monoisotopic (exact) mass is 241 g/mol. The fourth-order valence-electron chi connectivity index (χ4n) is 1.42. The normalized spacial score (nSPS) is 9.78. The van der Waals surface area contributed by atoms with Crippen LogP contribution in [0.2, 0.25) is 0 Å². The van der Waals surface area contributed by atoms with Crippen LogP contribution in [0.4, 0.5) is 0 Å². The number of hydrogen-bond acceptors (Lipinski definition) is 4. The largest absolute Gasteiger partial charge is 0.347 e. The fraction of sp³-hybridized carbons (Fsp3) is 0.167. The Morgan fingerprint density at radius 1 is 1.44 bits per heavy atom. The van der Waals surface area contributed by atoms with Gasteiger partial charge in [0.15, 0.2) is 5.69 Å². The third-order valence-corrected chi connectivity index (χ3v) is 2.37. The highest BCUT2D eigenvalue weighted by Crippen LogP contribution is 2.03. The van der Waals surface area contributed by atoms with Crippen LogP contribution < -0.4 is 5.32 Å². The van der Waals surface area contributed by atoms with Crippen LogP contribution in [-0.4, -0.2) is 20.9 Å². The smallest absolute Gasteiger partial charge is 0.273 e. The van der Waals surface area contributed by atoms with Crippen molar-refractivity contribution in [2.45, 2.75) is 6.54 Å². The quantitative estimate of drug-likeness (QED) is 0.853. The number of carbonyl (C=O) groups excluding carboxylic acids is 1. The maximum Gasteiger partial charge on any atom is 0.273 e. The van der Waals surface area contributed by atoms with Crippen LogP contribution in [0.5, 0.6) is 0 Å². The first kappa shape index (κ1) is 11.8. The third-order valence-electron chi connectivity index (χ3n) is 2.37. The van der Waals surface area contributed by atoms with Crippen molar-refractivity contribution in [1.82, 2.24) is 20.3 Å². The van der Waals surface area contributed by atoms with Crippen molar-refractivity contribution in [2.75, 3.05) is 0 Å². The molecule has 0 radical (unpaired) electrons. The van der Waals surface area contributed by atoms with E-state index in [2.05, 4.69) is 15.5 Å². The van der Waals surface area contributed by atoms with Crippen LogP contribution in [-0.2, 0) is 13.6 Å². The number of rotatable bonds is 3. The van der Waals surface area contributed by atoms with Gasteiger partial charge in [0.1, 0.15) is 0 Å². The maximum atomic E-state index is 11.7. The summed E-state index contributed by atoms with van der Waals surface area (Å²) in [7, 11) is 1.65. The molecule has 1 heterocycles. The fourth-order valence-corrected chi connectivity index (χ4v) is 1.42. The number of carbonyl (C=O) groups is 1. The van der Waals surface area contributed by atoms with Crippen LogP contribution in [0.25, 0.3) is 0 Å². The second-order valence-electron chi connectivity index (χ2n) is 3.71. The van der Waals surface area contributed by atoms with E-state index in [0.717, 1.165) is 5.56 Å². The lowest BCUT2D eigenvalue weighted by molar-refractivity contribution is 0.0945. The molecular weight excluding hydrogens is 230 g/mol. The van der Waals surface area contributed by atoms with E-state index in [9.17, 15) is 4.79 Å². The first-order valence-corrected chi connectivity index (χ1v) is 5.32. The standard InChI is InChI=1S/C12H11N5O/c1-17-15-8-11(16-17)12(18)14-7-10-4-2-9(6-13)3-5-10/h2-5,8H,7H2,1H3,(H,14,18). The average molecular weight is 241 g/mol. The second kappa shape index (κ2) is 5.10. The Bertz CT molecular complexity index is 594. The lowest BCUT2D eigenvalue weighted by Crippen LogP contribution is -2.23. The van der Waals surface area contributed by atoms with Crippen LogP contribution in [0.15, 0.2) is 30.5 Å². The predicted octanol–water partition coefficient (Wildman–Crippen LogP) is 0.617. The summed E-state index contributed by atoms with van der Waals surface area (Å²) in [4.78, 5) is 13.0. The number of nitrogens with zero attached hydrogens (tertiary/aromatic N) is 4. The molecule has 0 aliphatic heterocycles. The minimum absolute atomic E-state index is 0.271. The molecule has 0 aliphatic rings. The molecule has 2 aromatic rings. The van der Waals surface area contributed by atoms with Crippen molar-refractivity contribution in [3.8, 4) is 6.07 Å². The van der Waals surface area contributed by atoms with Crippen molar-refractivity contribution in [2.24, 2.45) is 7.05 Å². The second-order valence-corrected chi connectivity index (χ2v) is 3.71. The summed E-state index contributed by atoms with van der Waals surface area (Å²) in [6.45, 7) is 0.390. The van der Waals surface area contributed by atoms with Crippen LogP contribution in [0, 0.1) is 11.3 Å². The van der Waals surface area contributed by atoms with Crippen molar-refractivity contribution < 1.29 is 4.79 Å². The van der Waals surface area contributed by atoms with E-state index in [1.165, 1.54) is 11.0 Å². The number of aromatic nitrogens is 3. The Morgan fingerprint density at radius 2 is 2.17 bits per heavy atom. The number of nitriles is 1. The van der Waals surface area contributed by atoms with Gasteiger partial charge in [-0.3, -0.25) is 4.79 Å². The number of nitrogens with one attached hydrogen (secondary N) is 1. The first-order valence-electron chi connectivity index (χ1n) is 5.32. The summed E-state index contributed by atoms with van der Waals surface area (Å²) < 4.78 is 0. The van der Waals surface area contributed by atoms with E-state index in [0.29, 0.717) is 12.1 Å². The number of hydrogen-bond donors (Lipinski definition) is 1. The number of aryl methyl sites for hydroxylation is 1. The molecular formula is C12H11N5O. The van der Waals surface area contributed by atoms with E-state index in [1.807, 2.05) is 6.07 Å². The summed E-state index contributed by atoms with van der Waals surface area (Å²) in [5.41, 5.74) is 1.80. The zero-order valence-corrected chi connectivity index (χ0v) is 9.79. The summed E-state index contributed by atoms with van der Waals surface area (Å²) in [6.07, 6.45) is 1.41. The Balaban J connectivity index is 1.95. The van der Waals surface area contributed by atoms with Crippen LogP contribution in [0.3, 0.4) is 0 Å². The average Bonchev–Trinajstić information content (AvgIpc) is 2.83. The Kier molecular flexibility index (Phi) is 3.34. The molecule has 18 heavy (non-hydrogen) atoms. The molecule has 0 fully saturated rings. The molecule has 1 N–H and O–H groups in total. The van der Waals surface area contributed by atoms with Gasteiger partial charge < -0.3 is 5.32 Å². The third kappa shape index (κ3) is 2.71. The molecule has 2 rings (SSSR count). The molecule has 0 aliphatic carbocycles. The molecule has 1 aromatic heterocycles. The van der Waals surface area contributed by atoms with Gasteiger partial charge in [-0.1, -0.05) is 12.1 Å². The summed E-state index contributed by atoms with van der Waals surface area (Å²) in [5.74, 6) is -0.271. The molecule has 6 nitrogen and oxygen atoms in total. The minimum Gasteiger partial charge on any atom is -0.347 e. The first-order chi connectivity index (χ1) is 8.69. The van der Waals surface area contributed by atoms with E-state index >= 15 is 0 Å². The zero-order chi connectivity index (χ0) is 13.0. The Hall–Kier alpha value is -2.68. The molecule has 0 unspecified atom stereocenters. The van der Waals surface area contributed by atoms with Crippen LogP contribution >= 0.6 is 0 Å². The van der Waals surface area contributed by atoms with Gasteiger partial charge in [0, 0.05) is 13.6 Å². The molecule has 90 valence electrons. The number of amides is 1. The van der Waals surface area contributed by atoms with Gasteiger partial charge in [0.25, 0.3) is 5.91 Å².